The maximum Gasteiger partial charge on any atom is 0.219 e. The van der Waals surface area contributed by atoms with Crippen molar-refractivity contribution in [3.63, 3.8) is 0 Å². The SMILES string of the molecule is Fc1cc(OCc2ccco2)ncn1. The highest BCUT2D eigenvalue weighted by Crippen LogP contribution is 2.09. The lowest BCUT2D eigenvalue weighted by atomic mass is 10.5. The molecule has 0 fully saturated rings. The van der Waals surface area contributed by atoms with Crippen LogP contribution in [0.3, 0.4) is 0 Å². The molecule has 0 amide bonds. The third kappa shape index (κ3) is 2.07. The van der Waals surface area contributed by atoms with Crippen molar-refractivity contribution in [1.29, 1.82) is 0 Å². The van der Waals surface area contributed by atoms with E-state index >= 15 is 0 Å². The summed E-state index contributed by atoms with van der Waals surface area (Å²) < 4.78 is 22.7. The quantitative estimate of drug-likeness (QED) is 0.699. The molecule has 0 saturated heterocycles. The largest absolute Gasteiger partial charge is 0.469 e. The molecule has 0 spiro atoms. The first-order valence-corrected chi connectivity index (χ1v) is 3.97. The maximum absolute atomic E-state index is 12.6. The molecule has 2 heterocycles. The zero-order chi connectivity index (χ0) is 9.80. The van der Waals surface area contributed by atoms with E-state index in [0.29, 0.717) is 5.76 Å². The average molecular weight is 194 g/mol. The normalized spacial score (nSPS) is 10.1. The lowest BCUT2D eigenvalue weighted by Crippen LogP contribution is -1.97. The molecule has 2 rings (SSSR count). The lowest BCUT2D eigenvalue weighted by Gasteiger charge is -2.01. The van der Waals surface area contributed by atoms with Gasteiger partial charge in [-0.25, -0.2) is 9.97 Å². The Hall–Kier alpha value is -1.91. The van der Waals surface area contributed by atoms with E-state index in [1.165, 1.54) is 0 Å². The zero-order valence-electron chi connectivity index (χ0n) is 7.18. The lowest BCUT2D eigenvalue weighted by molar-refractivity contribution is 0.258. The Balaban J connectivity index is 1.98. The van der Waals surface area contributed by atoms with E-state index in [4.69, 9.17) is 9.15 Å². The van der Waals surface area contributed by atoms with Crippen molar-refractivity contribution in [2.75, 3.05) is 0 Å². The van der Waals surface area contributed by atoms with E-state index in [0.717, 1.165) is 12.4 Å². The second kappa shape index (κ2) is 3.87. The summed E-state index contributed by atoms with van der Waals surface area (Å²) in [6.07, 6.45) is 2.64. The van der Waals surface area contributed by atoms with Crippen LogP contribution in [0, 0.1) is 5.95 Å². The Kier molecular flexibility index (Phi) is 2.40. The van der Waals surface area contributed by atoms with Gasteiger partial charge >= 0.3 is 0 Å². The molecule has 0 unspecified atom stereocenters. The average Bonchev–Trinajstić information content (AvgIpc) is 2.67. The number of rotatable bonds is 3. The first kappa shape index (κ1) is 8.68. The van der Waals surface area contributed by atoms with E-state index in [9.17, 15) is 4.39 Å². The van der Waals surface area contributed by atoms with Crippen LogP contribution in [-0.2, 0) is 6.61 Å². The van der Waals surface area contributed by atoms with Crippen molar-refractivity contribution < 1.29 is 13.5 Å². The van der Waals surface area contributed by atoms with Gasteiger partial charge in [-0.3, -0.25) is 0 Å². The number of nitrogens with zero attached hydrogens (tertiary/aromatic N) is 2. The van der Waals surface area contributed by atoms with Crippen molar-refractivity contribution in [2.45, 2.75) is 6.61 Å². The van der Waals surface area contributed by atoms with Crippen LogP contribution in [0.5, 0.6) is 5.88 Å². The van der Waals surface area contributed by atoms with Crippen molar-refractivity contribution in [1.82, 2.24) is 9.97 Å². The minimum Gasteiger partial charge on any atom is -0.469 e. The molecule has 0 aliphatic heterocycles. The Morgan fingerprint density at radius 1 is 1.43 bits per heavy atom. The molecule has 0 bridgehead atoms. The molecule has 0 N–H and O–H groups in total. The van der Waals surface area contributed by atoms with Gasteiger partial charge in [-0.2, -0.15) is 4.39 Å². The molecule has 2 aromatic rings. The van der Waals surface area contributed by atoms with Crippen molar-refractivity contribution in [3.05, 3.63) is 42.5 Å². The van der Waals surface area contributed by atoms with Crippen molar-refractivity contribution in [2.24, 2.45) is 0 Å². The number of hydrogen-bond donors (Lipinski definition) is 0. The summed E-state index contributed by atoms with van der Waals surface area (Å²) >= 11 is 0. The van der Waals surface area contributed by atoms with Crippen LogP contribution in [0.25, 0.3) is 0 Å². The highest BCUT2D eigenvalue weighted by atomic mass is 19.1. The molecule has 0 aliphatic rings. The minimum absolute atomic E-state index is 0.189. The van der Waals surface area contributed by atoms with Crippen LogP contribution in [0.15, 0.2) is 35.2 Å². The van der Waals surface area contributed by atoms with Gasteiger partial charge in [0.25, 0.3) is 0 Å². The molecule has 5 heteroatoms. The van der Waals surface area contributed by atoms with Crippen LogP contribution in [0.1, 0.15) is 5.76 Å². The van der Waals surface area contributed by atoms with Gasteiger partial charge in [-0.05, 0) is 12.1 Å². The van der Waals surface area contributed by atoms with E-state index in [1.807, 2.05) is 0 Å². The van der Waals surface area contributed by atoms with Gasteiger partial charge in [0.2, 0.25) is 11.8 Å². The molecule has 0 aliphatic carbocycles. The fraction of sp³-hybridized carbons (Fsp3) is 0.111. The zero-order valence-corrected chi connectivity index (χ0v) is 7.18. The van der Waals surface area contributed by atoms with E-state index in [-0.39, 0.29) is 12.5 Å². The summed E-state index contributed by atoms with van der Waals surface area (Å²) in [5, 5.41) is 0. The van der Waals surface area contributed by atoms with Crippen molar-refractivity contribution >= 4 is 0 Å². The molecule has 0 atom stereocenters. The standard InChI is InChI=1S/C9H7FN2O2/c10-8-4-9(12-6-11-8)14-5-7-2-1-3-13-7/h1-4,6H,5H2. The fourth-order valence-corrected chi connectivity index (χ4v) is 0.936. The Morgan fingerprint density at radius 3 is 3.07 bits per heavy atom. The monoisotopic (exact) mass is 194 g/mol. The fourth-order valence-electron chi connectivity index (χ4n) is 0.936. The van der Waals surface area contributed by atoms with Crippen LogP contribution >= 0.6 is 0 Å². The number of furan rings is 1. The highest BCUT2D eigenvalue weighted by molar-refractivity contribution is 5.07. The first-order valence-electron chi connectivity index (χ1n) is 3.97. The van der Waals surface area contributed by atoms with Gasteiger partial charge in [0.15, 0.2) is 0 Å². The summed E-state index contributed by atoms with van der Waals surface area (Å²) in [6, 6.07) is 4.62. The smallest absolute Gasteiger partial charge is 0.219 e. The van der Waals surface area contributed by atoms with E-state index < -0.39 is 5.95 Å². The summed E-state index contributed by atoms with van der Waals surface area (Å²) in [5.74, 6) is 0.229. The number of hydrogen-bond acceptors (Lipinski definition) is 4. The molecular formula is C9H7FN2O2. The predicted molar refractivity (Wildman–Crippen MR) is 45.0 cm³/mol. The van der Waals surface area contributed by atoms with Gasteiger partial charge in [-0.1, -0.05) is 0 Å². The van der Waals surface area contributed by atoms with Gasteiger partial charge in [0.1, 0.15) is 18.7 Å². The summed E-state index contributed by atoms with van der Waals surface area (Å²) in [5.41, 5.74) is 0. The summed E-state index contributed by atoms with van der Waals surface area (Å²) in [6.45, 7) is 0.226. The second-order valence-corrected chi connectivity index (χ2v) is 2.55. The highest BCUT2D eigenvalue weighted by Gasteiger charge is 2.00. The molecule has 2 aromatic heterocycles. The Morgan fingerprint density at radius 2 is 2.36 bits per heavy atom. The maximum atomic E-state index is 12.6. The Bertz CT molecular complexity index is 403. The molecule has 0 saturated carbocycles. The first-order chi connectivity index (χ1) is 6.84. The predicted octanol–water partition coefficient (Wildman–Crippen LogP) is 1.79. The van der Waals surface area contributed by atoms with Crippen LogP contribution in [0.4, 0.5) is 4.39 Å². The summed E-state index contributed by atoms with van der Waals surface area (Å²) in [4.78, 5) is 7.03. The van der Waals surface area contributed by atoms with Gasteiger partial charge in [0.05, 0.1) is 12.3 Å². The van der Waals surface area contributed by atoms with E-state index in [1.54, 1.807) is 18.4 Å². The van der Waals surface area contributed by atoms with Crippen LogP contribution < -0.4 is 4.74 Å². The molecule has 0 aromatic carbocycles. The number of halogens is 1. The molecule has 72 valence electrons. The van der Waals surface area contributed by atoms with Crippen molar-refractivity contribution in [3.8, 4) is 5.88 Å². The number of ether oxygens (including phenoxy) is 1. The van der Waals surface area contributed by atoms with Gasteiger partial charge in [-0.15, -0.1) is 0 Å². The van der Waals surface area contributed by atoms with Gasteiger partial charge < -0.3 is 9.15 Å². The second-order valence-electron chi connectivity index (χ2n) is 2.55. The topological polar surface area (TPSA) is 48.2 Å². The molecular weight excluding hydrogens is 187 g/mol. The van der Waals surface area contributed by atoms with Gasteiger partial charge in [0, 0.05) is 0 Å². The third-order valence-corrected chi connectivity index (χ3v) is 1.55. The number of aromatic nitrogens is 2. The molecule has 14 heavy (non-hydrogen) atoms. The third-order valence-electron chi connectivity index (χ3n) is 1.55. The van der Waals surface area contributed by atoms with E-state index in [2.05, 4.69) is 9.97 Å². The minimum atomic E-state index is -0.616. The van der Waals surface area contributed by atoms with Crippen LogP contribution in [0.2, 0.25) is 0 Å². The molecule has 4 nitrogen and oxygen atoms in total. The molecule has 0 radical (unpaired) electrons. The summed E-state index contributed by atoms with van der Waals surface area (Å²) in [7, 11) is 0. The van der Waals surface area contributed by atoms with Crippen LogP contribution in [-0.4, -0.2) is 9.97 Å². The Labute approximate surface area is 79.4 Å².